The highest BCUT2D eigenvalue weighted by Gasteiger charge is 2.43. The number of hydrogen-bond donors (Lipinski definition) is 0. The molecule has 0 bridgehead atoms. The van der Waals surface area contributed by atoms with Crippen molar-refractivity contribution in [1.82, 2.24) is 9.55 Å². The monoisotopic (exact) mass is 435 g/mol. The molecule has 0 aliphatic carbocycles. The molecule has 0 N–H and O–H groups in total. The third-order valence-electron chi connectivity index (χ3n) is 4.79. The Balaban J connectivity index is 1.74. The van der Waals surface area contributed by atoms with Crippen molar-refractivity contribution in [2.75, 3.05) is 0 Å². The third-order valence-corrected chi connectivity index (χ3v) is 11.5. The predicted molar refractivity (Wildman–Crippen MR) is 120 cm³/mol. The van der Waals surface area contributed by atoms with Crippen molar-refractivity contribution in [1.29, 1.82) is 0 Å². The Morgan fingerprint density at radius 3 is 1.78 bits per heavy atom. The molecule has 0 atom stereocenters. The normalized spacial score (nSPS) is 11.5. The molecule has 4 heteroatoms. The SMILES string of the molecule is Cc1cncn1Cc1ccc([P+](Br)(c2ccccc2)c2ccccc2)cc1. The Kier molecular flexibility index (Phi) is 5.24. The summed E-state index contributed by atoms with van der Waals surface area (Å²) in [7, 11) is 0. The minimum absolute atomic E-state index is 0.844. The van der Waals surface area contributed by atoms with Crippen molar-refractivity contribution in [3.8, 4) is 0 Å². The maximum absolute atomic E-state index is 4.21. The van der Waals surface area contributed by atoms with E-state index in [9.17, 15) is 0 Å². The molecular weight excluding hydrogens is 415 g/mol. The maximum Gasteiger partial charge on any atom is 0.181 e. The Morgan fingerprint density at radius 2 is 1.30 bits per heavy atom. The first-order valence-electron chi connectivity index (χ1n) is 8.94. The number of nitrogens with zero attached hydrogens (tertiary/aromatic N) is 2. The second-order valence-corrected chi connectivity index (χ2v) is 12.5. The standard InChI is InChI=1S/C23H21BrN2P/c1-19-16-25-18-26(19)17-20-12-14-23(15-13-20)27(24,21-8-4-2-5-9-21)22-10-6-3-7-11-22/h2-16,18H,17H2,1H3/q+1. The number of halogens is 1. The summed E-state index contributed by atoms with van der Waals surface area (Å²) < 4.78 is 2.17. The molecule has 0 fully saturated rings. The lowest BCUT2D eigenvalue weighted by molar-refractivity contribution is 0.770. The van der Waals surface area contributed by atoms with Crippen molar-refractivity contribution in [2.45, 2.75) is 13.5 Å². The summed E-state index contributed by atoms with van der Waals surface area (Å²) in [6.45, 7) is 2.93. The fourth-order valence-corrected chi connectivity index (χ4v) is 8.02. The van der Waals surface area contributed by atoms with Gasteiger partial charge in [-0.3, -0.25) is 0 Å². The summed E-state index contributed by atoms with van der Waals surface area (Å²) in [5, 5.41) is 3.98. The molecule has 0 spiro atoms. The van der Waals surface area contributed by atoms with E-state index in [4.69, 9.17) is 0 Å². The van der Waals surface area contributed by atoms with Crippen LogP contribution < -0.4 is 15.9 Å². The zero-order chi connectivity index (χ0) is 18.7. The van der Waals surface area contributed by atoms with Crippen molar-refractivity contribution in [3.05, 3.63) is 109 Å². The van der Waals surface area contributed by atoms with Crippen molar-refractivity contribution >= 4 is 37.4 Å². The first kappa shape index (κ1) is 18.2. The second-order valence-electron chi connectivity index (χ2n) is 6.59. The van der Waals surface area contributed by atoms with Gasteiger partial charge in [0.2, 0.25) is 0 Å². The van der Waals surface area contributed by atoms with E-state index < -0.39 is 5.96 Å². The molecule has 0 saturated heterocycles. The van der Waals surface area contributed by atoms with E-state index in [1.54, 1.807) is 0 Å². The van der Waals surface area contributed by atoms with E-state index in [1.165, 1.54) is 27.2 Å². The van der Waals surface area contributed by atoms with Crippen LogP contribution in [0, 0.1) is 6.92 Å². The topological polar surface area (TPSA) is 17.8 Å². The average molecular weight is 436 g/mol. The molecule has 0 unspecified atom stereocenters. The number of rotatable bonds is 5. The van der Waals surface area contributed by atoms with Gasteiger partial charge in [-0.1, -0.05) is 48.5 Å². The molecule has 0 radical (unpaired) electrons. The van der Waals surface area contributed by atoms with E-state index in [2.05, 4.69) is 117 Å². The fourth-order valence-electron chi connectivity index (χ4n) is 3.27. The predicted octanol–water partition coefficient (Wildman–Crippen LogP) is 4.84. The van der Waals surface area contributed by atoms with Gasteiger partial charge in [0.15, 0.2) is 21.5 Å². The van der Waals surface area contributed by atoms with E-state index >= 15 is 0 Å². The lowest BCUT2D eigenvalue weighted by atomic mass is 10.2. The van der Waals surface area contributed by atoms with Crippen LogP contribution >= 0.6 is 21.5 Å². The molecule has 2 nitrogen and oxygen atoms in total. The zero-order valence-electron chi connectivity index (χ0n) is 15.2. The molecule has 3 aromatic carbocycles. The molecule has 134 valence electrons. The Hall–Kier alpha value is -2.22. The van der Waals surface area contributed by atoms with E-state index in [0.29, 0.717) is 0 Å². The third kappa shape index (κ3) is 3.63. The number of aromatic nitrogens is 2. The minimum Gasteiger partial charge on any atom is -0.330 e. The number of benzene rings is 3. The average Bonchev–Trinajstić information content (AvgIpc) is 3.14. The summed E-state index contributed by atoms with van der Waals surface area (Å²) >= 11 is 4.20. The first-order chi connectivity index (χ1) is 13.2. The Morgan fingerprint density at radius 1 is 0.778 bits per heavy atom. The molecule has 1 heterocycles. The minimum atomic E-state index is -1.83. The second kappa shape index (κ2) is 7.80. The number of hydrogen-bond acceptors (Lipinski definition) is 1. The molecule has 1 aromatic heterocycles. The van der Waals surface area contributed by atoms with Crippen LogP contribution in [0.15, 0.2) is 97.5 Å². The molecule has 4 rings (SSSR count). The Labute approximate surface area is 169 Å². The van der Waals surface area contributed by atoms with Gasteiger partial charge in [-0.05, 0) is 48.9 Å². The van der Waals surface area contributed by atoms with Crippen molar-refractivity contribution in [3.63, 3.8) is 0 Å². The van der Waals surface area contributed by atoms with Gasteiger partial charge < -0.3 is 4.57 Å². The smallest absolute Gasteiger partial charge is 0.181 e. The van der Waals surface area contributed by atoms with Crippen LogP contribution in [-0.4, -0.2) is 9.55 Å². The lowest BCUT2D eigenvalue weighted by Crippen LogP contribution is -2.26. The van der Waals surface area contributed by atoms with Crippen LogP contribution in [0.2, 0.25) is 0 Å². The van der Waals surface area contributed by atoms with Crippen molar-refractivity contribution < 1.29 is 0 Å². The van der Waals surface area contributed by atoms with Crippen LogP contribution in [0.25, 0.3) is 0 Å². The largest absolute Gasteiger partial charge is 0.330 e. The van der Waals surface area contributed by atoms with Crippen LogP contribution in [-0.2, 0) is 6.54 Å². The van der Waals surface area contributed by atoms with Gasteiger partial charge in [0.1, 0.15) is 15.9 Å². The summed E-state index contributed by atoms with van der Waals surface area (Å²) in [5.74, 6) is -1.83. The summed E-state index contributed by atoms with van der Waals surface area (Å²) in [4.78, 5) is 4.21. The van der Waals surface area contributed by atoms with E-state index in [1.807, 2.05) is 12.5 Å². The first-order valence-corrected chi connectivity index (χ1v) is 12.7. The molecule has 27 heavy (non-hydrogen) atoms. The highest BCUT2D eigenvalue weighted by atomic mass is 79.9. The highest BCUT2D eigenvalue weighted by molar-refractivity contribution is 9.44. The van der Waals surface area contributed by atoms with Gasteiger partial charge in [-0.15, -0.1) is 0 Å². The zero-order valence-corrected chi connectivity index (χ0v) is 17.6. The summed E-state index contributed by atoms with van der Waals surface area (Å²) in [6.07, 6.45) is 3.78. The molecule has 0 aliphatic heterocycles. The molecule has 0 amide bonds. The van der Waals surface area contributed by atoms with Crippen molar-refractivity contribution in [2.24, 2.45) is 0 Å². The van der Waals surface area contributed by atoms with Crippen LogP contribution in [0.1, 0.15) is 11.3 Å². The van der Waals surface area contributed by atoms with Gasteiger partial charge in [-0.2, -0.15) is 0 Å². The maximum atomic E-state index is 4.21. The quantitative estimate of drug-likeness (QED) is 0.410. The molecule has 0 aliphatic rings. The van der Waals surface area contributed by atoms with Gasteiger partial charge in [-0.25, -0.2) is 4.98 Å². The Bertz CT molecular complexity index is 972. The van der Waals surface area contributed by atoms with Gasteiger partial charge >= 0.3 is 0 Å². The van der Waals surface area contributed by atoms with Crippen LogP contribution in [0.4, 0.5) is 0 Å². The van der Waals surface area contributed by atoms with Gasteiger partial charge in [0.25, 0.3) is 0 Å². The van der Waals surface area contributed by atoms with E-state index in [-0.39, 0.29) is 0 Å². The van der Waals surface area contributed by atoms with E-state index in [0.717, 1.165) is 6.54 Å². The number of imidazole rings is 1. The molecule has 4 aromatic rings. The van der Waals surface area contributed by atoms with Crippen LogP contribution in [0.3, 0.4) is 0 Å². The van der Waals surface area contributed by atoms with Crippen LogP contribution in [0.5, 0.6) is 0 Å². The molecule has 0 saturated carbocycles. The highest BCUT2D eigenvalue weighted by Crippen LogP contribution is 2.62. The lowest BCUT2D eigenvalue weighted by Gasteiger charge is -2.20. The summed E-state index contributed by atoms with van der Waals surface area (Å²) in [6, 6.07) is 30.5. The summed E-state index contributed by atoms with van der Waals surface area (Å²) in [5.41, 5.74) is 2.45. The molecular formula is C23H21BrN2P+. The van der Waals surface area contributed by atoms with Gasteiger partial charge in [0.05, 0.1) is 6.33 Å². The number of aryl methyl sites for hydroxylation is 1. The fraction of sp³-hybridized carbons (Fsp3) is 0.0870. The van der Waals surface area contributed by atoms with Gasteiger partial charge in [0, 0.05) is 18.4 Å².